The van der Waals surface area contributed by atoms with Gasteiger partial charge in [-0.15, -0.1) is 4.91 Å². The fourth-order valence-corrected chi connectivity index (χ4v) is 1.47. The zero-order valence-electron chi connectivity index (χ0n) is 9.50. The molecule has 0 aromatic rings. The molecule has 0 bridgehead atoms. The Morgan fingerprint density at radius 2 is 1.94 bits per heavy atom. The minimum Gasteiger partial charge on any atom is -0.394 e. The molecule has 0 unspecified atom stereocenters. The van der Waals surface area contributed by atoms with E-state index in [9.17, 15) is 25.0 Å². The fraction of sp³-hybridized carbons (Fsp3) is 0.875. The van der Waals surface area contributed by atoms with Crippen molar-refractivity contribution >= 4 is 6.03 Å². The Morgan fingerprint density at radius 3 is 2.44 bits per heavy atom. The summed E-state index contributed by atoms with van der Waals surface area (Å²) in [7, 11) is 1.08. The predicted octanol–water partition coefficient (Wildman–Crippen LogP) is -2.89. The molecule has 1 rings (SSSR count). The van der Waals surface area contributed by atoms with Gasteiger partial charge in [-0.2, -0.15) is 5.01 Å². The third-order valence-electron chi connectivity index (χ3n) is 2.57. The van der Waals surface area contributed by atoms with E-state index in [-0.39, 0.29) is 0 Å². The number of urea groups is 1. The largest absolute Gasteiger partial charge is 0.394 e. The van der Waals surface area contributed by atoms with Crippen LogP contribution < -0.4 is 5.32 Å². The summed E-state index contributed by atoms with van der Waals surface area (Å²) in [6.45, 7) is -0.612. The minimum atomic E-state index is -1.60. The van der Waals surface area contributed by atoms with E-state index < -0.39 is 43.3 Å². The van der Waals surface area contributed by atoms with E-state index in [0.717, 1.165) is 7.05 Å². The lowest BCUT2D eigenvalue weighted by Crippen LogP contribution is -2.63. The zero-order valence-corrected chi connectivity index (χ0v) is 9.50. The van der Waals surface area contributed by atoms with E-state index in [1.807, 2.05) is 0 Å². The van der Waals surface area contributed by atoms with Crippen LogP contribution in [-0.2, 0) is 4.74 Å². The summed E-state index contributed by atoms with van der Waals surface area (Å²) in [4.78, 5) is 21.4. The normalized spacial score (nSPS) is 35.9. The second kappa shape index (κ2) is 6.02. The lowest BCUT2D eigenvalue weighted by molar-refractivity contribution is -0.233. The van der Waals surface area contributed by atoms with E-state index in [4.69, 9.17) is 9.84 Å². The summed E-state index contributed by atoms with van der Waals surface area (Å²) < 4.78 is 4.98. The number of nitrogens with one attached hydrogen (secondary N) is 1. The van der Waals surface area contributed by atoms with Gasteiger partial charge in [0.15, 0.2) is 6.23 Å². The molecule has 0 aliphatic carbocycles. The van der Waals surface area contributed by atoms with Crippen molar-refractivity contribution in [3.05, 3.63) is 4.91 Å². The van der Waals surface area contributed by atoms with Crippen LogP contribution in [0, 0.1) is 4.91 Å². The van der Waals surface area contributed by atoms with E-state index in [1.54, 1.807) is 0 Å². The monoisotopic (exact) mass is 265 g/mol. The van der Waals surface area contributed by atoms with Gasteiger partial charge in [0.05, 0.1) is 11.9 Å². The van der Waals surface area contributed by atoms with Crippen molar-refractivity contribution < 1.29 is 30.0 Å². The van der Waals surface area contributed by atoms with Gasteiger partial charge in [-0.1, -0.05) is 0 Å². The van der Waals surface area contributed by atoms with Gasteiger partial charge in [0.2, 0.25) is 0 Å². The van der Waals surface area contributed by atoms with Gasteiger partial charge in [-0.3, -0.25) is 0 Å². The lowest BCUT2D eigenvalue weighted by Gasteiger charge is -2.40. The molecule has 2 amide bonds. The van der Waals surface area contributed by atoms with Crippen LogP contribution in [0.4, 0.5) is 4.79 Å². The van der Waals surface area contributed by atoms with Crippen molar-refractivity contribution in [2.24, 2.45) is 5.29 Å². The van der Waals surface area contributed by atoms with Crippen molar-refractivity contribution in [2.45, 2.75) is 30.6 Å². The van der Waals surface area contributed by atoms with Crippen molar-refractivity contribution in [3.8, 4) is 0 Å². The molecule has 10 nitrogen and oxygen atoms in total. The van der Waals surface area contributed by atoms with Gasteiger partial charge < -0.3 is 30.5 Å². The molecule has 0 radical (unpaired) electrons. The first-order valence-corrected chi connectivity index (χ1v) is 5.10. The third kappa shape index (κ3) is 2.91. The number of carbonyl (C=O) groups is 1. The number of aliphatic hydroxyl groups is 4. The number of ether oxygens (including phenoxy) is 1. The number of aliphatic hydroxyl groups excluding tert-OH is 4. The average Bonchev–Trinajstić information content (AvgIpc) is 2.38. The minimum absolute atomic E-state index is 0.418. The molecule has 1 fully saturated rings. The average molecular weight is 265 g/mol. The Balaban J connectivity index is 2.70. The molecule has 0 aromatic carbocycles. The topological polar surface area (TPSA) is 152 Å². The van der Waals surface area contributed by atoms with Gasteiger partial charge in [-0.25, -0.2) is 4.79 Å². The molecule has 5 N–H and O–H groups in total. The number of hydrogen-bond donors (Lipinski definition) is 5. The summed E-state index contributed by atoms with van der Waals surface area (Å²) in [6, 6.07) is -0.964. The molecule has 18 heavy (non-hydrogen) atoms. The fourth-order valence-electron chi connectivity index (χ4n) is 1.47. The van der Waals surface area contributed by atoms with E-state index >= 15 is 0 Å². The van der Waals surface area contributed by atoms with E-state index in [0.29, 0.717) is 5.01 Å². The standard InChI is InChI=1S/C8H15N3O7/c1-11(10-17)8(16)9-7-6(15)5(14)4(13)3(2-12)18-7/h3-7,12-15H,2H2,1H3,(H,9,16)/t3-,4+,5-,6+,7-/m1/s1. The number of nitroso groups, excluding NO2 is 1. The summed E-state index contributed by atoms with van der Waals surface area (Å²) in [5, 5.41) is 42.2. The highest BCUT2D eigenvalue weighted by atomic mass is 16.6. The van der Waals surface area contributed by atoms with Gasteiger partial charge in [0.25, 0.3) is 0 Å². The maximum absolute atomic E-state index is 11.3. The quantitative estimate of drug-likeness (QED) is 0.271. The molecule has 10 heteroatoms. The van der Waals surface area contributed by atoms with E-state index in [1.165, 1.54) is 0 Å². The molecule has 1 heterocycles. The maximum Gasteiger partial charge on any atom is 0.342 e. The molecular weight excluding hydrogens is 250 g/mol. The summed E-state index contributed by atoms with van der Waals surface area (Å²) in [5.41, 5.74) is 0. The van der Waals surface area contributed by atoms with Crippen molar-refractivity contribution in [3.63, 3.8) is 0 Å². The second-order valence-corrected chi connectivity index (χ2v) is 3.80. The highest BCUT2D eigenvalue weighted by Crippen LogP contribution is 2.19. The first kappa shape index (κ1) is 14.7. The Morgan fingerprint density at radius 1 is 1.33 bits per heavy atom. The second-order valence-electron chi connectivity index (χ2n) is 3.80. The summed E-state index contributed by atoms with van der Waals surface area (Å²) in [6.07, 6.45) is -7.23. The summed E-state index contributed by atoms with van der Waals surface area (Å²) >= 11 is 0. The van der Waals surface area contributed by atoms with Crippen molar-refractivity contribution in [1.82, 2.24) is 10.3 Å². The maximum atomic E-state index is 11.3. The van der Waals surface area contributed by atoms with Crippen LogP contribution in [0.2, 0.25) is 0 Å². The molecule has 1 aliphatic rings. The lowest BCUT2D eigenvalue weighted by atomic mass is 9.98. The van der Waals surface area contributed by atoms with Crippen LogP contribution in [0.15, 0.2) is 5.29 Å². The van der Waals surface area contributed by atoms with Crippen LogP contribution in [0.1, 0.15) is 0 Å². The highest BCUT2D eigenvalue weighted by Gasteiger charge is 2.44. The Kier molecular flexibility index (Phi) is 4.93. The molecule has 0 aromatic heterocycles. The van der Waals surface area contributed by atoms with Gasteiger partial charge >= 0.3 is 6.03 Å². The Hall–Kier alpha value is -1.33. The highest BCUT2D eigenvalue weighted by molar-refractivity contribution is 5.73. The molecule has 104 valence electrons. The molecule has 0 saturated carbocycles. The van der Waals surface area contributed by atoms with Crippen LogP contribution in [0.5, 0.6) is 0 Å². The number of nitrogens with zero attached hydrogens (tertiary/aromatic N) is 2. The summed E-state index contributed by atoms with van der Waals surface area (Å²) in [5.74, 6) is 0. The number of amides is 2. The predicted molar refractivity (Wildman–Crippen MR) is 55.9 cm³/mol. The third-order valence-corrected chi connectivity index (χ3v) is 2.57. The number of hydrogen-bond acceptors (Lipinski definition) is 8. The SMILES string of the molecule is CN(N=O)C(=O)N[C@@H]1O[C@H](CO)[C@H](O)[C@@H](O)[C@@H]1O. The van der Waals surface area contributed by atoms with Crippen LogP contribution in [0.3, 0.4) is 0 Å². The smallest absolute Gasteiger partial charge is 0.342 e. The van der Waals surface area contributed by atoms with Crippen LogP contribution in [-0.4, -0.2) is 75.8 Å². The van der Waals surface area contributed by atoms with Gasteiger partial charge in [-0.05, 0) is 0 Å². The molecular formula is C8H15N3O7. The number of carbonyl (C=O) groups excluding carboxylic acids is 1. The Bertz CT molecular complexity index is 313. The van der Waals surface area contributed by atoms with Crippen LogP contribution >= 0.6 is 0 Å². The van der Waals surface area contributed by atoms with Gasteiger partial charge in [0.1, 0.15) is 24.4 Å². The van der Waals surface area contributed by atoms with Crippen molar-refractivity contribution in [1.29, 1.82) is 0 Å². The van der Waals surface area contributed by atoms with Gasteiger partial charge in [0, 0.05) is 7.05 Å². The Labute approximate surface area is 102 Å². The van der Waals surface area contributed by atoms with Crippen molar-refractivity contribution in [2.75, 3.05) is 13.7 Å². The molecule has 0 spiro atoms. The molecule has 1 saturated heterocycles. The zero-order chi connectivity index (χ0) is 13.9. The first-order chi connectivity index (χ1) is 8.42. The molecule has 1 aliphatic heterocycles. The van der Waals surface area contributed by atoms with E-state index in [2.05, 4.69) is 10.6 Å². The number of rotatable bonds is 3. The first-order valence-electron chi connectivity index (χ1n) is 5.10. The van der Waals surface area contributed by atoms with Crippen LogP contribution in [0.25, 0.3) is 0 Å². The molecule has 5 atom stereocenters.